The summed E-state index contributed by atoms with van der Waals surface area (Å²) in [5, 5.41) is 0. The van der Waals surface area contributed by atoms with Crippen LogP contribution in [-0.2, 0) is 16.7 Å². The number of carbonyl (C=O) groups excluding carboxylic acids is 1. The summed E-state index contributed by atoms with van der Waals surface area (Å²) >= 11 is 0. The second-order valence-electron chi connectivity index (χ2n) is 8.62. The minimum atomic E-state index is -0.465. The molecule has 2 aliphatic rings. The van der Waals surface area contributed by atoms with E-state index in [1.807, 2.05) is 25.7 Å². The summed E-state index contributed by atoms with van der Waals surface area (Å²) in [6.07, 6.45) is 4.67. The minimum Gasteiger partial charge on any atom is -0.444 e. The Bertz CT molecular complexity index is 621. The molecule has 0 bridgehead atoms. The SMILES string of the molecule is CCC(C)CN1CCc2[nH]cnc2C12CCN(C(=O)OC(C)(C)C)C2. The average molecular weight is 348 g/mol. The number of fused-ring (bicyclic) bond motifs is 2. The third kappa shape index (κ3) is 3.54. The number of nitrogens with zero attached hydrogens (tertiary/aromatic N) is 3. The lowest BCUT2D eigenvalue weighted by Gasteiger charge is -2.44. The van der Waals surface area contributed by atoms with Crippen molar-refractivity contribution in [2.45, 2.75) is 65.0 Å². The molecule has 2 unspecified atom stereocenters. The van der Waals surface area contributed by atoms with Crippen molar-refractivity contribution in [2.24, 2.45) is 5.92 Å². The van der Waals surface area contributed by atoms with Gasteiger partial charge < -0.3 is 14.6 Å². The molecule has 0 saturated carbocycles. The number of ether oxygens (including phenoxy) is 1. The van der Waals surface area contributed by atoms with E-state index < -0.39 is 5.60 Å². The number of rotatable bonds is 3. The van der Waals surface area contributed by atoms with E-state index in [0.717, 1.165) is 44.6 Å². The van der Waals surface area contributed by atoms with Crippen LogP contribution in [0.1, 0.15) is 58.8 Å². The van der Waals surface area contributed by atoms with Crippen molar-refractivity contribution < 1.29 is 9.53 Å². The van der Waals surface area contributed by atoms with Gasteiger partial charge in [0.25, 0.3) is 0 Å². The molecule has 1 aromatic rings. The fraction of sp³-hybridized carbons (Fsp3) is 0.789. The molecule has 1 spiro atoms. The van der Waals surface area contributed by atoms with Gasteiger partial charge >= 0.3 is 6.09 Å². The van der Waals surface area contributed by atoms with E-state index in [0.29, 0.717) is 12.5 Å². The van der Waals surface area contributed by atoms with Gasteiger partial charge in [-0.25, -0.2) is 9.78 Å². The molecule has 1 amide bonds. The largest absolute Gasteiger partial charge is 0.444 e. The van der Waals surface area contributed by atoms with Crippen molar-refractivity contribution in [1.29, 1.82) is 0 Å². The quantitative estimate of drug-likeness (QED) is 0.911. The maximum absolute atomic E-state index is 12.6. The van der Waals surface area contributed by atoms with E-state index in [4.69, 9.17) is 4.74 Å². The molecule has 0 aromatic carbocycles. The van der Waals surface area contributed by atoms with Crippen LogP contribution in [0.15, 0.2) is 6.33 Å². The van der Waals surface area contributed by atoms with E-state index in [2.05, 4.69) is 28.7 Å². The molecule has 0 radical (unpaired) electrons. The monoisotopic (exact) mass is 348 g/mol. The molecule has 140 valence electrons. The van der Waals surface area contributed by atoms with Gasteiger partial charge in [0.15, 0.2) is 0 Å². The predicted octanol–water partition coefficient (Wildman–Crippen LogP) is 3.15. The van der Waals surface area contributed by atoms with Crippen molar-refractivity contribution >= 4 is 6.09 Å². The standard InChI is InChI=1S/C19H32N4O2/c1-6-14(2)11-23-9-7-15-16(21-13-20-15)19(23)8-10-22(12-19)17(24)25-18(3,4)5/h13-14H,6-12H2,1-5H3,(H,20,21). The first kappa shape index (κ1) is 18.2. The molecule has 25 heavy (non-hydrogen) atoms. The number of aromatic amines is 1. The Morgan fingerprint density at radius 3 is 2.88 bits per heavy atom. The van der Waals surface area contributed by atoms with Crippen molar-refractivity contribution in [2.75, 3.05) is 26.2 Å². The summed E-state index contributed by atoms with van der Waals surface area (Å²) in [6.45, 7) is 13.7. The Morgan fingerprint density at radius 1 is 1.44 bits per heavy atom. The lowest BCUT2D eigenvalue weighted by Crippen LogP contribution is -2.54. The van der Waals surface area contributed by atoms with Crippen molar-refractivity contribution in [3.8, 4) is 0 Å². The van der Waals surface area contributed by atoms with E-state index in [9.17, 15) is 4.79 Å². The zero-order valence-electron chi connectivity index (χ0n) is 16.3. The van der Waals surface area contributed by atoms with Crippen LogP contribution >= 0.6 is 0 Å². The number of aromatic nitrogens is 2. The molecule has 6 nitrogen and oxygen atoms in total. The van der Waals surface area contributed by atoms with Crippen LogP contribution in [0, 0.1) is 5.92 Å². The van der Waals surface area contributed by atoms with Crippen molar-refractivity contribution in [3.63, 3.8) is 0 Å². The third-order valence-electron chi connectivity index (χ3n) is 5.52. The molecule has 1 fully saturated rings. The maximum atomic E-state index is 12.6. The fourth-order valence-electron chi connectivity index (χ4n) is 4.02. The first-order chi connectivity index (χ1) is 11.7. The van der Waals surface area contributed by atoms with Crippen LogP contribution in [0.2, 0.25) is 0 Å². The van der Waals surface area contributed by atoms with Gasteiger partial charge in [-0.1, -0.05) is 20.3 Å². The highest BCUT2D eigenvalue weighted by molar-refractivity contribution is 5.69. The number of hydrogen-bond donors (Lipinski definition) is 1. The highest BCUT2D eigenvalue weighted by atomic mass is 16.6. The molecular formula is C19H32N4O2. The Labute approximate surface area is 150 Å². The number of carbonyl (C=O) groups is 1. The number of H-pyrrole nitrogens is 1. The van der Waals surface area contributed by atoms with Gasteiger partial charge in [-0.2, -0.15) is 0 Å². The Morgan fingerprint density at radius 2 is 2.20 bits per heavy atom. The van der Waals surface area contributed by atoms with Crippen LogP contribution in [0.3, 0.4) is 0 Å². The van der Waals surface area contributed by atoms with Crippen LogP contribution in [0.5, 0.6) is 0 Å². The number of likely N-dealkylation sites (tertiary alicyclic amines) is 1. The molecule has 3 heterocycles. The van der Waals surface area contributed by atoms with Gasteiger partial charge in [-0.05, 0) is 33.1 Å². The minimum absolute atomic E-state index is 0.173. The van der Waals surface area contributed by atoms with Crippen LogP contribution < -0.4 is 0 Å². The number of imidazole rings is 1. The van der Waals surface area contributed by atoms with Crippen LogP contribution in [-0.4, -0.2) is 57.6 Å². The first-order valence-electron chi connectivity index (χ1n) is 9.51. The molecule has 2 atom stereocenters. The van der Waals surface area contributed by atoms with Gasteiger partial charge in [0.2, 0.25) is 0 Å². The molecular weight excluding hydrogens is 316 g/mol. The van der Waals surface area contributed by atoms with Gasteiger partial charge in [-0.3, -0.25) is 4.90 Å². The predicted molar refractivity (Wildman–Crippen MR) is 97.4 cm³/mol. The van der Waals surface area contributed by atoms with E-state index >= 15 is 0 Å². The number of amides is 1. The molecule has 1 aromatic heterocycles. The normalized spacial score (nSPS) is 25.2. The Hall–Kier alpha value is -1.56. The maximum Gasteiger partial charge on any atom is 0.410 e. The highest BCUT2D eigenvalue weighted by Gasteiger charge is 2.50. The second kappa shape index (κ2) is 6.63. The lowest BCUT2D eigenvalue weighted by atomic mass is 9.85. The zero-order valence-corrected chi connectivity index (χ0v) is 16.3. The summed E-state index contributed by atoms with van der Waals surface area (Å²) < 4.78 is 5.60. The number of nitrogens with one attached hydrogen (secondary N) is 1. The van der Waals surface area contributed by atoms with Crippen LogP contribution in [0.25, 0.3) is 0 Å². The Kier molecular flexibility index (Phi) is 4.84. The van der Waals surface area contributed by atoms with Gasteiger partial charge in [-0.15, -0.1) is 0 Å². The summed E-state index contributed by atoms with van der Waals surface area (Å²) in [7, 11) is 0. The zero-order chi connectivity index (χ0) is 18.2. The van der Waals surface area contributed by atoms with Gasteiger partial charge in [0.1, 0.15) is 5.60 Å². The highest BCUT2D eigenvalue weighted by Crippen LogP contribution is 2.42. The lowest BCUT2D eigenvalue weighted by molar-refractivity contribution is 0.0196. The van der Waals surface area contributed by atoms with Crippen LogP contribution in [0.4, 0.5) is 4.79 Å². The van der Waals surface area contributed by atoms with Gasteiger partial charge in [0, 0.05) is 38.3 Å². The smallest absolute Gasteiger partial charge is 0.410 e. The molecule has 1 saturated heterocycles. The fourth-order valence-corrected chi connectivity index (χ4v) is 4.02. The average Bonchev–Trinajstić information content (AvgIpc) is 3.16. The van der Waals surface area contributed by atoms with Crippen molar-refractivity contribution in [3.05, 3.63) is 17.7 Å². The summed E-state index contributed by atoms with van der Waals surface area (Å²) in [5.74, 6) is 0.632. The summed E-state index contributed by atoms with van der Waals surface area (Å²) in [6, 6.07) is 0. The van der Waals surface area contributed by atoms with E-state index in [1.54, 1.807) is 6.33 Å². The molecule has 6 heteroatoms. The van der Waals surface area contributed by atoms with E-state index in [1.165, 1.54) is 5.69 Å². The first-order valence-corrected chi connectivity index (χ1v) is 9.51. The van der Waals surface area contributed by atoms with Crippen molar-refractivity contribution in [1.82, 2.24) is 19.8 Å². The Balaban J connectivity index is 1.85. The topological polar surface area (TPSA) is 61.5 Å². The molecule has 3 rings (SSSR count). The molecule has 2 aliphatic heterocycles. The number of hydrogen-bond acceptors (Lipinski definition) is 4. The summed E-state index contributed by atoms with van der Waals surface area (Å²) in [4.78, 5) is 25.0. The molecule has 0 aliphatic carbocycles. The van der Waals surface area contributed by atoms with Gasteiger partial charge in [0.05, 0.1) is 17.6 Å². The molecule has 1 N–H and O–H groups in total. The summed E-state index contributed by atoms with van der Waals surface area (Å²) in [5.41, 5.74) is 1.72. The second-order valence-corrected chi connectivity index (χ2v) is 8.62. The van der Waals surface area contributed by atoms with E-state index in [-0.39, 0.29) is 11.6 Å². The third-order valence-corrected chi connectivity index (χ3v) is 5.52.